The molecule has 1 heterocycles. The van der Waals surface area contributed by atoms with Gasteiger partial charge in [-0.15, -0.1) is 0 Å². The Morgan fingerprint density at radius 2 is 1.64 bits per heavy atom. The summed E-state index contributed by atoms with van der Waals surface area (Å²) >= 11 is 13.6. The van der Waals surface area contributed by atoms with E-state index < -0.39 is 0 Å². The average Bonchev–Trinajstić information content (AvgIpc) is 3.04. The van der Waals surface area contributed by atoms with Gasteiger partial charge in [0.05, 0.1) is 15.0 Å². The van der Waals surface area contributed by atoms with E-state index in [1.54, 1.807) is 30.3 Å². The summed E-state index contributed by atoms with van der Waals surface area (Å²) in [5, 5.41) is 0.177. The smallest absolute Gasteiger partial charge is 0.293 e. The third-order valence-corrected chi connectivity index (χ3v) is 6.40. The van der Waals surface area contributed by atoms with Crippen molar-refractivity contribution in [3.63, 3.8) is 0 Å². The molecule has 1 aliphatic heterocycles. The van der Waals surface area contributed by atoms with Crippen molar-refractivity contribution in [3.8, 4) is 5.75 Å². The molecule has 0 aliphatic carbocycles. The van der Waals surface area contributed by atoms with Crippen LogP contribution in [0, 0.1) is 5.82 Å². The van der Waals surface area contributed by atoms with Gasteiger partial charge < -0.3 is 4.74 Å². The zero-order chi connectivity index (χ0) is 23.4. The number of benzene rings is 3. The van der Waals surface area contributed by atoms with E-state index >= 15 is 0 Å². The molecule has 0 saturated carbocycles. The zero-order valence-electron chi connectivity index (χ0n) is 17.3. The number of hydrogen-bond acceptors (Lipinski definition) is 4. The lowest BCUT2D eigenvalue weighted by molar-refractivity contribution is -0.122. The molecule has 4 rings (SSSR count). The molecule has 0 aromatic heterocycles. The molecule has 1 saturated heterocycles. The van der Waals surface area contributed by atoms with Crippen LogP contribution in [0.25, 0.3) is 6.08 Å². The van der Waals surface area contributed by atoms with Gasteiger partial charge in [0.2, 0.25) is 0 Å². The summed E-state index contributed by atoms with van der Waals surface area (Å²) < 4.78 is 19.0. The molecule has 0 atom stereocenters. The molecule has 3 aromatic rings. The molecule has 0 spiro atoms. The van der Waals surface area contributed by atoms with Crippen molar-refractivity contribution >= 4 is 52.2 Å². The van der Waals surface area contributed by atoms with E-state index in [2.05, 4.69) is 0 Å². The van der Waals surface area contributed by atoms with Gasteiger partial charge in [0.15, 0.2) is 5.75 Å². The summed E-state index contributed by atoms with van der Waals surface area (Å²) in [5.41, 5.74) is 2.25. The summed E-state index contributed by atoms with van der Waals surface area (Å²) in [6.07, 6.45) is 2.17. The Morgan fingerprint density at radius 1 is 0.939 bits per heavy atom. The van der Waals surface area contributed by atoms with Gasteiger partial charge in [-0.25, -0.2) is 4.39 Å². The lowest BCUT2D eigenvalue weighted by Gasteiger charge is -2.12. The summed E-state index contributed by atoms with van der Waals surface area (Å²) in [6, 6.07) is 18.9. The highest BCUT2D eigenvalue weighted by atomic mass is 35.5. The number of thioether (sulfide) groups is 1. The fraction of sp³-hybridized carbons (Fsp3) is 0.120. The van der Waals surface area contributed by atoms with Gasteiger partial charge in [0, 0.05) is 6.54 Å². The average molecular weight is 502 g/mol. The van der Waals surface area contributed by atoms with Crippen molar-refractivity contribution in [2.45, 2.75) is 13.0 Å². The van der Waals surface area contributed by atoms with Gasteiger partial charge >= 0.3 is 0 Å². The molecular weight excluding hydrogens is 484 g/mol. The predicted octanol–water partition coefficient (Wildman–Crippen LogP) is 6.99. The van der Waals surface area contributed by atoms with Gasteiger partial charge in [-0.1, -0.05) is 65.7 Å². The molecule has 168 valence electrons. The van der Waals surface area contributed by atoms with Gasteiger partial charge in [-0.2, -0.15) is 0 Å². The molecule has 0 N–H and O–H groups in total. The van der Waals surface area contributed by atoms with Crippen molar-refractivity contribution < 1.29 is 18.7 Å². The highest BCUT2D eigenvalue weighted by Gasteiger charge is 2.34. The van der Waals surface area contributed by atoms with E-state index in [1.165, 1.54) is 17.0 Å². The van der Waals surface area contributed by atoms with Crippen molar-refractivity contribution in [1.29, 1.82) is 0 Å². The molecule has 4 nitrogen and oxygen atoms in total. The molecule has 0 radical (unpaired) electrons. The van der Waals surface area contributed by atoms with Crippen LogP contribution < -0.4 is 4.74 Å². The Hall–Kier alpha value is -2.80. The van der Waals surface area contributed by atoms with Crippen molar-refractivity contribution in [3.05, 3.63) is 104 Å². The Bertz CT molecular complexity index is 1210. The minimum atomic E-state index is -0.360. The normalized spacial score (nSPS) is 14.9. The van der Waals surface area contributed by atoms with Crippen molar-refractivity contribution in [2.24, 2.45) is 0 Å². The first kappa shape index (κ1) is 23.4. The first-order chi connectivity index (χ1) is 15.9. The summed E-state index contributed by atoms with van der Waals surface area (Å²) in [6.45, 7) is 0.400. The van der Waals surface area contributed by atoms with Gasteiger partial charge in [-0.05, 0) is 65.2 Å². The number of nitrogens with zero attached hydrogens (tertiary/aromatic N) is 1. The highest BCUT2D eigenvalue weighted by molar-refractivity contribution is 8.18. The van der Waals surface area contributed by atoms with Gasteiger partial charge in [-0.3, -0.25) is 14.5 Å². The second kappa shape index (κ2) is 10.4. The number of ether oxygens (including phenoxy) is 1. The van der Waals surface area contributed by atoms with E-state index in [-0.39, 0.29) is 39.4 Å². The largest absolute Gasteiger partial charge is 0.486 e. The summed E-state index contributed by atoms with van der Waals surface area (Å²) in [7, 11) is 0. The maximum absolute atomic E-state index is 13.3. The molecule has 1 aliphatic rings. The van der Waals surface area contributed by atoms with E-state index in [4.69, 9.17) is 27.9 Å². The topological polar surface area (TPSA) is 46.6 Å². The highest BCUT2D eigenvalue weighted by Crippen LogP contribution is 2.37. The molecule has 1 fully saturated rings. The van der Waals surface area contributed by atoms with Crippen molar-refractivity contribution in [1.82, 2.24) is 4.90 Å². The number of hydrogen-bond donors (Lipinski definition) is 0. The first-order valence-corrected chi connectivity index (χ1v) is 11.6. The Kier molecular flexibility index (Phi) is 7.38. The van der Waals surface area contributed by atoms with Crippen LogP contribution in [0.5, 0.6) is 5.75 Å². The lowest BCUT2D eigenvalue weighted by Crippen LogP contribution is -2.30. The third-order valence-electron chi connectivity index (χ3n) is 4.93. The van der Waals surface area contributed by atoms with Crippen LogP contribution in [-0.4, -0.2) is 22.6 Å². The summed E-state index contributed by atoms with van der Waals surface area (Å²) in [5.74, 6) is -0.448. The number of rotatable bonds is 7. The molecule has 8 heteroatoms. The number of amides is 2. The van der Waals surface area contributed by atoms with E-state index in [0.717, 1.165) is 17.3 Å². The Balaban J connectivity index is 1.46. The maximum Gasteiger partial charge on any atom is 0.293 e. The molecule has 2 amide bonds. The third kappa shape index (κ3) is 5.77. The second-order valence-corrected chi connectivity index (χ2v) is 9.11. The standard InChI is InChI=1S/C25H18Cl2FNO3S/c26-20-12-18(13-21(27)23(20)32-15-17-7-4-8-19(28)11-17)14-22-24(30)29(25(31)33-22)10-9-16-5-2-1-3-6-16/h1-8,11-14H,9-10,15H2/b22-14-. The van der Waals surface area contributed by atoms with Crippen LogP contribution in [0.4, 0.5) is 9.18 Å². The lowest BCUT2D eigenvalue weighted by atomic mass is 10.1. The molecule has 33 heavy (non-hydrogen) atoms. The number of halogens is 3. The Labute approximate surface area is 204 Å². The van der Waals surface area contributed by atoms with Crippen LogP contribution in [-0.2, 0) is 17.8 Å². The van der Waals surface area contributed by atoms with E-state index in [0.29, 0.717) is 29.0 Å². The van der Waals surface area contributed by atoms with Crippen LogP contribution >= 0.6 is 35.0 Å². The number of carbonyl (C=O) groups is 2. The maximum atomic E-state index is 13.3. The zero-order valence-corrected chi connectivity index (χ0v) is 19.6. The number of carbonyl (C=O) groups excluding carboxylic acids is 2. The minimum Gasteiger partial charge on any atom is -0.486 e. The van der Waals surface area contributed by atoms with Crippen LogP contribution in [0.1, 0.15) is 16.7 Å². The monoisotopic (exact) mass is 501 g/mol. The SMILES string of the molecule is O=C1S/C(=C\c2cc(Cl)c(OCc3cccc(F)c3)c(Cl)c2)C(=O)N1CCc1ccccc1. The van der Waals surface area contributed by atoms with Gasteiger partial charge in [0.1, 0.15) is 12.4 Å². The van der Waals surface area contributed by atoms with Crippen LogP contribution in [0.3, 0.4) is 0 Å². The number of imide groups is 1. The fourth-order valence-corrected chi connectivity index (χ4v) is 4.79. The molecule has 0 bridgehead atoms. The van der Waals surface area contributed by atoms with E-state index in [9.17, 15) is 14.0 Å². The van der Waals surface area contributed by atoms with Crippen LogP contribution in [0.2, 0.25) is 10.0 Å². The Morgan fingerprint density at radius 3 is 2.33 bits per heavy atom. The van der Waals surface area contributed by atoms with E-state index in [1.807, 2.05) is 30.3 Å². The van der Waals surface area contributed by atoms with Crippen LogP contribution in [0.15, 0.2) is 71.6 Å². The molecular formula is C25H18Cl2FNO3S. The quantitative estimate of drug-likeness (QED) is 0.327. The predicted molar refractivity (Wildman–Crippen MR) is 130 cm³/mol. The minimum absolute atomic E-state index is 0.0941. The molecule has 0 unspecified atom stereocenters. The fourth-order valence-electron chi connectivity index (χ4n) is 3.31. The molecule has 3 aromatic carbocycles. The van der Waals surface area contributed by atoms with Gasteiger partial charge in [0.25, 0.3) is 11.1 Å². The second-order valence-electron chi connectivity index (χ2n) is 7.30. The summed E-state index contributed by atoms with van der Waals surface area (Å²) in [4.78, 5) is 26.7. The van der Waals surface area contributed by atoms with Crippen molar-refractivity contribution in [2.75, 3.05) is 6.54 Å². The first-order valence-electron chi connectivity index (χ1n) is 10.1.